The van der Waals surface area contributed by atoms with Crippen LogP contribution in [0.3, 0.4) is 0 Å². The largest absolute Gasteiger partial charge is 0.311 e. The Morgan fingerprint density at radius 2 is 2.05 bits per heavy atom. The number of benzene rings is 1. The van der Waals surface area contributed by atoms with E-state index in [9.17, 15) is 17.6 Å². The quantitative estimate of drug-likeness (QED) is 0.854. The van der Waals surface area contributed by atoms with E-state index in [2.05, 4.69) is 0 Å². The molecule has 0 atom stereocenters. The summed E-state index contributed by atoms with van der Waals surface area (Å²) in [6.45, 7) is 5.85. The summed E-state index contributed by atoms with van der Waals surface area (Å²) >= 11 is 0. The van der Waals surface area contributed by atoms with Crippen molar-refractivity contribution in [2.75, 3.05) is 23.0 Å². The molecule has 0 saturated heterocycles. The molecule has 1 aliphatic heterocycles. The predicted molar refractivity (Wildman–Crippen MR) is 85.3 cm³/mol. The molecule has 0 aliphatic carbocycles. The molecule has 0 spiro atoms. The number of sulfone groups is 1. The van der Waals surface area contributed by atoms with Crippen LogP contribution in [0.25, 0.3) is 0 Å². The Morgan fingerprint density at radius 1 is 1.36 bits per heavy atom. The van der Waals surface area contributed by atoms with Gasteiger partial charge in [-0.1, -0.05) is 13.8 Å². The highest BCUT2D eigenvalue weighted by molar-refractivity contribution is 7.92. The topological polar surface area (TPSA) is 54.5 Å². The fraction of sp³-hybridized carbons (Fsp3) is 0.562. The van der Waals surface area contributed by atoms with Crippen LogP contribution in [0.5, 0.6) is 0 Å². The third-order valence-electron chi connectivity index (χ3n) is 3.67. The minimum atomic E-state index is -3.42. The number of fused-ring (bicyclic) bond motifs is 1. The second-order valence-electron chi connectivity index (χ2n) is 6.33. The maximum absolute atomic E-state index is 13.5. The van der Waals surface area contributed by atoms with Crippen LogP contribution in [0, 0.1) is 18.7 Å². The van der Waals surface area contributed by atoms with Crippen molar-refractivity contribution < 1.29 is 17.6 Å². The van der Waals surface area contributed by atoms with E-state index in [4.69, 9.17) is 0 Å². The highest BCUT2D eigenvalue weighted by Gasteiger charge is 2.28. The molecule has 0 fully saturated rings. The standard InChI is InChI=1S/C16H22FNO3S/c1-11(2)9-22(20,21)10-15(19)18-6-4-5-13-8-14(17)7-12(3)16(13)18/h7-8,11H,4-6,9-10H2,1-3H3. The molecule has 1 aliphatic rings. The molecule has 1 heterocycles. The highest BCUT2D eigenvalue weighted by Crippen LogP contribution is 2.31. The Kier molecular flexibility index (Phi) is 4.90. The molecular formula is C16H22FNO3S. The van der Waals surface area contributed by atoms with E-state index in [-0.39, 0.29) is 17.5 Å². The minimum Gasteiger partial charge on any atom is -0.311 e. The third kappa shape index (κ3) is 3.85. The number of rotatable bonds is 4. The average molecular weight is 327 g/mol. The molecule has 22 heavy (non-hydrogen) atoms. The van der Waals surface area contributed by atoms with Gasteiger partial charge < -0.3 is 4.90 Å². The molecule has 1 aromatic carbocycles. The summed E-state index contributed by atoms with van der Waals surface area (Å²) in [7, 11) is -3.42. The zero-order valence-corrected chi connectivity index (χ0v) is 14.0. The molecule has 4 nitrogen and oxygen atoms in total. The van der Waals surface area contributed by atoms with Crippen molar-refractivity contribution in [1.29, 1.82) is 0 Å². The summed E-state index contributed by atoms with van der Waals surface area (Å²) < 4.78 is 37.6. The first-order valence-corrected chi connectivity index (χ1v) is 9.31. The molecule has 122 valence electrons. The van der Waals surface area contributed by atoms with Crippen molar-refractivity contribution in [2.24, 2.45) is 5.92 Å². The fourth-order valence-electron chi connectivity index (χ4n) is 3.00. The van der Waals surface area contributed by atoms with E-state index in [0.29, 0.717) is 30.6 Å². The highest BCUT2D eigenvalue weighted by atomic mass is 32.2. The Labute approximate surface area is 131 Å². The van der Waals surface area contributed by atoms with Gasteiger partial charge in [0.25, 0.3) is 0 Å². The third-order valence-corrected chi connectivity index (χ3v) is 5.53. The molecule has 0 aromatic heterocycles. The Bertz CT molecular complexity index is 683. The summed E-state index contributed by atoms with van der Waals surface area (Å²) in [5.41, 5.74) is 2.13. The maximum atomic E-state index is 13.5. The molecule has 0 N–H and O–H groups in total. The first kappa shape index (κ1) is 16.9. The van der Waals surface area contributed by atoms with E-state index in [1.807, 2.05) is 13.8 Å². The number of carbonyl (C=O) groups is 1. The fourth-order valence-corrected chi connectivity index (χ4v) is 4.67. The van der Waals surface area contributed by atoms with Gasteiger partial charge in [-0.3, -0.25) is 4.79 Å². The van der Waals surface area contributed by atoms with Crippen molar-refractivity contribution in [1.82, 2.24) is 0 Å². The number of anilines is 1. The smallest absolute Gasteiger partial charge is 0.242 e. The molecule has 0 unspecified atom stereocenters. The Balaban J connectivity index is 2.27. The monoisotopic (exact) mass is 327 g/mol. The van der Waals surface area contributed by atoms with Gasteiger partial charge in [0.15, 0.2) is 9.84 Å². The number of carbonyl (C=O) groups excluding carboxylic acids is 1. The van der Waals surface area contributed by atoms with Crippen molar-refractivity contribution in [3.05, 3.63) is 29.1 Å². The molecular weight excluding hydrogens is 305 g/mol. The summed E-state index contributed by atoms with van der Waals surface area (Å²) in [5, 5.41) is 0. The van der Waals surface area contributed by atoms with Crippen molar-refractivity contribution in [3.63, 3.8) is 0 Å². The first-order chi connectivity index (χ1) is 10.2. The van der Waals surface area contributed by atoms with Crippen LogP contribution >= 0.6 is 0 Å². The van der Waals surface area contributed by atoms with Gasteiger partial charge in [0.05, 0.1) is 5.75 Å². The van der Waals surface area contributed by atoms with Gasteiger partial charge >= 0.3 is 0 Å². The molecule has 1 aromatic rings. The predicted octanol–water partition coefficient (Wildman–Crippen LogP) is 2.48. The lowest BCUT2D eigenvalue weighted by atomic mass is 9.98. The number of hydrogen-bond acceptors (Lipinski definition) is 3. The van der Waals surface area contributed by atoms with Crippen LogP contribution < -0.4 is 4.90 Å². The van der Waals surface area contributed by atoms with Gasteiger partial charge in [-0.05, 0) is 48.9 Å². The van der Waals surface area contributed by atoms with E-state index < -0.39 is 21.5 Å². The molecule has 6 heteroatoms. The zero-order chi connectivity index (χ0) is 16.5. The van der Waals surface area contributed by atoms with E-state index in [1.54, 1.807) is 6.92 Å². The summed E-state index contributed by atoms with van der Waals surface area (Å²) in [6.07, 6.45) is 1.42. The van der Waals surface area contributed by atoms with Gasteiger partial charge in [0.1, 0.15) is 11.6 Å². The second kappa shape index (κ2) is 6.36. The zero-order valence-electron chi connectivity index (χ0n) is 13.2. The Morgan fingerprint density at radius 3 is 2.68 bits per heavy atom. The minimum absolute atomic E-state index is 0.00182. The average Bonchev–Trinajstić information content (AvgIpc) is 2.35. The summed E-state index contributed by atoms with van der Waals surface area (Å²) in [4.78, 5) is 14.0. The van der Waals surface area contributed by atoms with Crippen LogP contribution in [0.2, 0.25) is 0 Å². The molecule has 1 amide bonds. The lowest BCUT2D eigenvalue weighted by Crippen LogP contribution is -2.40. The maximum Gasteiger partial charge on any atom is 0.242 e. The number of halogens is 1. The normalized spacial score (nSPS) is 15.0. The number of hydrogen-bond donors (Lipinski definition) is 0. The van der Waals surface area contributed by atoms with Gasteiger partial charge in [-0.25, -0.2) is 12.8 Å². The number of aryl methyl sites for hydroxylation is 2. The van der Waals surface area contributed by atoms with Crippen molar-refractivity contribution >= 4 is 21.4 Å². The molecule has 2 rings (SSSR count). The lowest BCUT2D eigenvalue weighted by Gasteiger charge is -2.31. The van der Waals surface area contributed by atoms with E-state index >= 15 is 0 Å². The van der Waals surface area contributed by atoms with Gasteiger partial charge in [-0.15, -0.1) is 0 Å². The van der Waals surface area contributed by atoms with Crippen LogP contribution in [-0.2, 0) is 21.1 Å². The van der Waals surface area contributed by atoms with E-state index in [1.165, 1.54) is 17.0 Å². The van der Waals surface area contributed by atoms with Crippen LogP contribution in [0.4, 0.5) is 10.1 Å². The molecule has 0 radical (unpaired) electrons. The van der Waals surface area contributed by atoms with Gasteiger partial charge in [-0.2, -0.15) is 0 Å². The first-order valence-electron chi connectivity index (χ1n) is 7.49. The number of nitrogens with zero attached hydrogens (tertiary/aromatic N) is 1. The molecule has 0 saturated carbocycles. The van der Waals surface area contributed by atoms with Crippen molar-refractivity contribution in [3.8, 4) is 0 Å². The SMILES string of the molecule is Cc1cc(F)cc2c1N(C(=O)CS(=O)(=O)CC(C)C)CCC2. The summed E-state index contributed by atoms with van der Waals surface area (Å²) in [6, 6.07) is 2.82. The van der Waals surface area contributed by atoms with Crippen molar-refractivity contribution in [2.45, 2.75) is 33.6 Å². The van der Waals surface area contributed by atoms with Crippen LogP contribution in [0.1, 0.15) is 31.4 Å². The van der Waals surface area contributed by atoms with Crippen LogP contribution in [-0.4, -0.2) is 32.4 Å². The lowest BCUT2D eigenvalue weighted by molar-refractivity contribution is -0.116. The van der Waals surface area contributed by atoms with E-state index in [0.717, 1.165) is 5.56 Å². The summed E-state index contributed by atoms with van der Waals surface area (Å²) in [5.74, 6) is -1.24. The molecule has 0 bridgehead atoms. The Hall–Kier alpha value is -1.43. The van der Waals surface area contributed by atoms with Gasteiger partial charge in [0.2, 0.25) is 5.91 Å². The van der Waals surface area contributed by atoms with Crippen LogP contribution in [0.15, 0.2) is 12.1 Å². The number of amides is 1. The van der Waals surface area contributed by atoms with Gasteiger partial charge in [0, 0.05) is 12.2 Å². The second-order valence-corrected chi connectivity index (χ2v) is 8.44.